The van der Waals surface area contributed by atoms with Crippen LogP contribution in [0.5, 0.6) is 0 Å². The zero-order valence-corrected chi connectivity index (χ0v) is 13.6. The first-order valence-electron chi connectivity index (χ1n) is 8.00. The summed E-state index contributed by atoms with van der Waals surface area (Å²) in [5.74, 6) is 5.89. The monoisotopic (exact) mass is 328 g/mol. The molecule has 1 unspecified atom stereocenters. The molecule has 2 heteroatoms. The summed E-state index contributed by atoms with van der Waals surface area (Å²) in [6.45, 7) is 0. The van der Waals surface area contributed by atoms with Crippen LogP contribution in [-0.4, -0.2) is 5.11 Å². The van der Waals surface area contributed by atoms with E-state index in [4.69, 9.17) is 0 Å². The molecule has 0 aliphatic heterocycles. The minimum atomic E-state index is -0.786. The lowest BCUT2D eigenvalue weighted by Crippen LogP contribution is -1.95. The summed E-state index contributed by atoms with van der Waals surface area (Å²) in [5.41, 5.74) is 3.08. The van der Waals surface area contributed by atoms with E-state index in [2.05, 4.69) is 11.8 Å². The van der Waals surface area contributed by atoms with Gasteiger partial charge in [0.15, 0.2) is 0 Å². The Kier molecular flexibility index (Phi) is 5.41. The highest BCUT2D eigenvalue weighted by Crippen LogP contribution is 2.21. The lowest BCUT2D eigenvalue weighted by atomic mass is 10.0. The molecule has 3 aromatic carbocycles. The fourth-order valence-electron chi connectivity index (χ4n) is 2.40. The number of rotatable bonds is 3. The van der Waals surface area contributed by atoms with Crippen LogP contribution in [0.2, 0.25) is 0 Å². The van der Waals surface area contributed by atoms with Crippen molar-refractivity contribution in [2.75, 3.05) is 0 Å². The third-order valence-corrected chi connectivity index (χ3v) is 3.74. The largest absolute Gasteiger partial charge is 0.384 e. The van der Waals surface area contributed by atoms with Crippen molar-refractivity contribution in [1.29, 1.82) is 0 Å². The molecule has 0 aliphatic carbocycles. The van der Waals surface area contributed by atoms with Gasteiger partial charge in [-0.1, -0.05) is 72.5 Å². The highest BCUT2D eigenvalue weighted by atomic mass is 19.1. The lowest BCUT2D eigenvalue weighted by Gasteiger charge is -2.08. The van der Waals surface area contributed by atoms with E-state index in [-0.39, 0.29) is 5.82 Å². The van der Waals surface area contributed by atoms with Crippen LogP contribution in [0, 0.1) is 17.7 Å². The van der Waals surface area contributed by atoms with Crippen molar-refractivity contribution in [2.24, 2.45) is 0 Å². The molecule has 122 valence electrons. The molecule has 0 bridgehead atoms. The standard InChI is InChI=1S/C23H17FO/c24-22-15-13-19(14-16-22)21(12-11-18-7-3-1-4-8-18)17-23(25)20-9-5-2-6-10-20/h1-10,13-17,23,25H/b21-17+. The van der Waals surface area contributed by atoms with Crippen LogP contribution < -0.4 is 0 Å². The Morgan fingerprint density at radius 3 is 2.08 bits per heavy atom. The summed E-state index contributed by atoms with van der Waals surface area (Å²) in [7, 11) is 0. The molecule has 0 saturated carbocycles. The molecule has 3 aromatic rings. The van der Waals surface area contributed by atoms with E-state index in [1.165, 1.54) is 12.1 Å². The van der Waals surface area contributed by atoms with Crippen LogP contribution in [0.1, 0.15) is 22.8 Å². The maximum atomic E-state index is 13.2. The Morgan fingerprint density at radius 1 is 0.840 bits per heavy atom. The smallest absolute Gasteiger partial charge is 0.123 e. The summed E-state index contributed by atoms with van der Waals surface area (Å²) in [4.78, 5) is 0. The van der Waals surface area contributed by atoms with Gasteiger partial charge in [0.05, 0.1) is 6.10 Å². The molecule has 0 spiro atoms. The van der Waals surface area contributed by atoms with E-state index < -0.39 is 6.10 Å². The molecule has 1 atom stereocenters. The zero-order chi connectivity index (χ0) is 17.5. The van der Waals surface area contributed by atoms with Gasteiger partial charge in [-0.2, -0.15) is 0 Å². The number of benzene rings is 3. The predicted octanol–water partition coefficient (Wildman–Crippen LogP) is 4.99. The van der Waals surface area contributed by atoms with Crippen molar-refractivity contribution in [3.05, 3.63) is 114 Å². The molecule has 0 amide bonds. The second kappa shape index (κ2) is 8.10. The Balaban J connectivity index is 1.98. The van der Waals surface area contributed by atoms with E-state index in [9.17, 15) is 9.50 Å². The maximum Gasteiger partial charge on any atom is 0.123 e. The Bertz CT molecular complexity index is 901. The Morgan fingerprint density at radius 2 is 1.44 bits per heavy atom. The van der Waals surface area contributed by atoms with Gasteiger partial charge in [-0.25, -0.2) is 4.39 Å². The van der Waals surface area contributed by atoms with Gasteiger partial charge in [0.2, 0.25) is 0 Å². The number of halogens is 1. The molecule has 0 radical (unpaired) electrons. The van der Waals surface area contributed by atoms with Crippen molar-refractivity contribution >= 4 is 5.57 Å². The lowest BCUT2D eigenvalue weighted by molar-refractivity contribution is 0.229. The van der Waals surface area contributed by atoms with E-state index in [1.807, 2.05) is 60.7 Å². The summed E-state index contributed by atoms with van der Waals surface area (Å²) in [5, 5.41) is 10.5. The van der Waals surface area contributed by atoms with Gasteiger partial charge in [-0.3, -0.25) is 0 Å². The van der Waals surface area contributed by atoms with E-state index >= 15 is 0 Å². The number of hydrogen-bond donors (Lipinski definition) is 1. The number of aliphatic hydroxyl groups excluding tert-OH is 1. The van der Waals surface area contributed by atoms with Gasteiger partial charge in [0.1, 0.15) is 5.82 Å². The maximum absolute atomic E-state index is 13.2. The third-order valence-electron chi connectivity index (χ3n) is 3.74. The molecule has 3 rings (SSSR count). The molecule has 0 aromatic heterocycles. The van der Waals surface area contributed by atoms with Crippen molar-refractivity contribution < 1.29 is 9.50 Å². The van der Waals surface area contributed by atoms with Gasteiger partial charge >= 0.3 is 0 Å². The second-order valence-corrected chi connectivity index (χ2v) is 5.56. The van der Waals surface area contributed by atoms with Gasteiger partial charge in [0, 0.05) is 11.1 Å². The fraction of sp³-hybridized carbons (Fsp3) is 0.0435. The molecular formula is C23H17FO. The van der Waals surface area contributed by atoms with Crippen LogP contribution in [0.25, 0.3) is 5.57 Å². The molecule has 0 aliphatic rings. The van der Waals surface area contributed by atoms with Crippen molar-refractivity contribution in [3.63, 3.8) is 0 Å². The minimum absolute atomic E-state index is 0.303. The quantitative estimate of drug-likeness (QED) is 0.671. The summed E-state index contributed by atoms with van der Waals surface area (Å²) >= 11 is 0. The van der Waals surface area contributed by atoms with Crippen molar-refractivity contribution in [1.82, 2.24) is 0 Å². The Labute approximate surface area is 147 Å². The van der Waals surface area contributed by atoms with Crippen LogP contribution in [-0.2, 0) is 0 Å². The first-order chi connectivity index (χ1) is 12.2. The average molecular weight is 328 g/mol. The van der Waals surface area contributed by atoms with Crippen molar-refractivity contribution in [2.45, 2.75) is 6.10 Å². The van der Waals surface area contributed by atoms with Crippen LogP contribution >= 0.6 is 0 Å². The molecule has 1 nitrogen and oxygen atoms in total. The van der Waals surface area contributed by atoms with Gasteiger partial charge in [-0.15, -0.1) is 0 Å². The minimum Gasteiger partial charge on any atom is -0.384 e. The first kappa shape index (κ1) is 16.7. The average Bonchev–Trinajstić information content (AvgIpc) is 2.67. The van der Waals surface area contributed by atoms with E-state index in [0.29, 0.717) is 5.57 Å². The molecule has 0 saturated heterocycles. The third kappa shape index (κ3) is 4.67. The van der Waals surface area contributed by atoms with Crippen LogP contribution in [0.15, 0.2) is 91.0 Å². The highest BCUT2D eigenvalue weighted by molar-refractivity contribution is 5.80. The zero-order valence-electron chi connectivity index (χ0n) is 13.6. The van der Waals surface area contributed by atoms with Gasteiger partial charge < -0.3 is 5.11 Å². The van der Waals surface area contributed by atoms with Gasteiger partial charge in [-0.05, 0) is 41.5 Å². The van der Waals surface area contributed by atoms with E-state index in [1.54, 1.807) is 18.2 Å². The number of hydrogen-bond acceptors (Lipinski definition) is 1. The molecule has 25 heavy (non-hydrogen) atoms. The fourth-order valence-corrected chi connectivity index (χ4v) is 2.40. The van der Waals surface area contributed by atoms with E-state index in [0.717, 1.165) is 16.7 Å². The number of allylic oxidation sites excluding steroid dienone is 1. The van der Waals surface area contributed by atoms with Gasteiger partial charge in [0.25, 0.3) is 0 Å². The predicted molar refractivity (Wildman–Crippen MR) is 99.1 cm³/mol. The summed E-state index contributed by atoms with van der Waals surface area (Å²) in [6, 6.07) is 25.1. The second-order valence-electron chi connectivity index (χ2n) is 5.56. The molecule has 0 fully saturated rings. The summed E-state index contributed by atoms with van der Waals surface area (Å²) < 4.78 is 13.2. The normalized spacial score (nSPS) is 12.2. The number of aliphatic hydroxyl groups is 1. The molecule has 0 heterocycles. The SMILES string of the molecule is OC(/C=C(\C#Cc1ccccc1)c1ccc(F)cc1)c1ccccc1. The molecular weight excluding hydrogens is 311 g/mol. The first-order valence-corrected chi connectivity index (χ1v) is 8.00. The summed E-state index contributed by atoms with van der Waals surface area (Å²) in [6.07, 6.45) is 0.907. The van der Waals surface area contributed by atoms with Crippen LogP contribution in [0.3, 0.4) is 0 Å². The topological polar surface area (TPSA) is 20.2 Å². The van der Waals surface area contributed by atoms with Crippen LogP contribution in [0.4, 0.5) is 4.39 Å². The van der Waals surface area contributed by atoms with Crippen molar-refractivity contribution in [3.8, 4) is 11.8 Å². The molecule has 1 N–H and O–H groups in total. The Hall–Kier alpha value is -3.15. The highest BCUT2D eigenvalue weighted by Gasteiger charge is 2.07.